The summed E-state index contributed by atoms with van der Waals surface area (Å²) in [7, 11) is 0. The first kappa shape index (κ1) is 18.7. The molecule has 0 spiro atoms. The van der Waals surface area contributed by atoms with Crippen LogP contribution in [0.4, 0.5) is 15.8 Å². The van der Waals surface area contributed by atoms with E-state index in [0.717, 1.165) is 58.0 Å². The highest BCUT2D eigenvalue weighted by molar-refractivity contribution is 5.78. The molecule has 1 amide bonds. The molecule has 2 aliphatic rings. The summed E-state index contributed by atoms with van der Waals surface area (Å²) in [5.41, 5.74) is 2.27. The molecule has 0 atom stereocenters. The Morgan fingerprint density at radius 2 is 1.25 bits per heavy atom. The van der Waals surface area contributed by atoms with Gasteiger partial charge in [-0.3, -0.25) is 9.69 Å². The number of hydrogen-bond donors (Lipinski definition) is 0. The summed E-state index contributed by atoms with van der Waals surface area (Å²) in [6, 6.07) is 17.0. The first-order valence-electron chi connectivity index (χ1n) is 10.00. The number of benzene rings is 2. The summed E-state index contributed by atoms with van der Waals surface area (Å²) in [5.74, 6) is 0.0169. The number of carbonyl (C=O) groups excluding carboxylic acids is 1. The molecular formula is C22H27FN4O. The number of nitrogens with zero attached hydrogens (tertiary/aromatic N) is 4. The van der Waals surface area contributed by atoms with Crippen LogP contribution in [0.1, 0.15) is 0 Å². The average molecular weight is 382 g/mol. The molecule has 2 heterocycles. The maximum Gasteiger partial charge on any atom is 0.236 e. The summed E-state index contributed by atoms with van der Waals surface area (Å²) in [4.78, 5) is 21.5. The van der Waals surface area contributed by atoms with Crippen molar-refractivity contribution < 1.29 is 9.18 Å². The van der Waals surface area contributed by atoms with E-state index in [2.05, 4.69) is 39.0 Å². The Bertz CT molecular complexity index is 767. The molecule has 0 aliphatic carbocycles. The average Bonchev–Trinajstić information content (AvgIpc) is 2.76. The maximum absolute atomic E-state index is 13.1. The second kappa shape index (κ2) is 8.61. The Hall–Kier alpha value is -2.60. The molecule has 0 radical (unpaired) electrons. The summed E-state index contributed by atoms with van der Waals surface area (Å²) in [6.45, 7) is 7.25. The van der Waals surface area contributed by atoms with E-state index in [4.69, 9.17) is 0 Å². The molecule has 5 nitrogen and oxygen atoms in total. The summed E-state index contributed by atoms with van der Waals surface area (Å²) in [5, 5.41) is 0. The van der Waals surface area contributed by atoms with Gasteiger partial charge in [-0.25, -0.2) is 4.39 Å². The Kier molecular flexibility index (Phi) is 5.76. The van der Waals surface area contributed by atoms with Crippen LogP contribution in [0.25, 0.3) is 0 Å². The molecule has 0 saturated carbocycles. The lowest BCUT2D eigenvalue weighted by Gasteiger charge is -2.39. The molecule has 0 N–H and O–H groups in total. The van der Waals surface area contributed by atoms with Crippen molar-refractivity contribution >= 4 is 17.3 Å². The fraction of sp³-hybridized carbons (Fsp3) is 0.409. The van der Waals surface area contributed by atoms with E-state index in [1.807, 2.05) is 23.1 Å². The van der Waals surface area contributed by atoms with Crippen LogP contribution in [-0.4, -0.2) is 74.6 Å². The van der Waals surface area contributed by atoms with Crippen molar-refractivity contribution in [3.8, 4) is 0 Å². The number of para-hydroxylation sites is 1. The topological polar surface area (TPSA) is 30.0 Å². The molecule has 148 valence electrons. The zero-order valence-corrected chi connectivity index (χ0v) is 16.1. The number of piperazine rings is 2. The molecule has 6 heteroatoms. The van der Waals surface area contributed by atoms with Crippen molar-refractivity contribution in [3.05, 3.63) is 60.4 Å². The van der Waals surface area contributed by atoms with Crippen molar-refractivity contribution in [3.63, 3.8) is 0 Å². The Labute approximate surface area is 165 Å². The van der Waals surface area contributed by atoms with Gasteiger partial charge in [0.25, 0.3) is 0 Å². The number of halogens is 1. The van der Waals surface area contributed by atoms with Crippen LogP contribution < -0.4 is 9.80 Å². The predicted octanol–water partition coefficient (Wildman–Crippen LogP) is 2.30. The minimum absolute atomic E-state index is 0.208. The van der Waals surface area contributed by atoms with E-state index in [1.165, 1.54) is 17.8 Å². The maximum atomic E-state index is 13.1. The molecule has 0 aromatic heterocycles. The quantitative estimate of drug-likeness (QED) is 0.812. The highest BCUT2D eigenvalue weighted by atomic mass is 19.1. The Balaban J connectivity index is 1.22. The van der Waals surface area contributed by atoms with Crippen LogP contribution in [0.2, 0.25) is 0 Å². The van der Waals surface area contributed by atoms with E-state index in [1.54, 1.807) is 0 Å². The van der Waals surface area contributed by atoms with Crippen LogP contribution in [-0.2, 0) is 4.79 Å². The van der Waals surface area contributed by atoms with Crippen molar-refractivity contribution in [1.29, 1.82) is 0 Å². The van der Waals surface area contributed by atoms with Crippen molar-refractivity contribution in [2.45, 2.75) is 0 Å². The van der Waals surface area contributed by atoms with Crippen LogP contribution >= 0.6 is 0 Å². The lowest BCUT2D eigenvalue weighted by Crippen LogP contribution is -2.54. The zero-order chi connectivity index (χ0) is 19.3. The summed E-state index contributed by atoms with van der Waals surface area (Å²) < 4.78 is 13.1. The Morgan fingerprint density at radius 1 is 0.714 bits per heavy atom. The van der Waals surface area contributed by atoms with Gasteiger partial charge in [-0.2, -0.15) is 0 Å². The first-order chi connectivity index (χ1) is 13.7. The fourth-order valence-corrected chi connectivity index (χ4v) is 3.96. The molecule has 2 fully saturated rings. The third kappa shape index (κ3) is 4.44. The van der Waals surface area contributed by atoms with Crippen LogP contribution in [0.5, 0.6) is 0 Å². The van der Waals surface area contributed by atoms with E-state index in [0.29, 0.717) is 6.54 Å². The normalized spacial score (nSPS) is 18.4. The lowest BCUT2D eigenvalue weighted by molar-refractivity contribution is -0.132. The number of hydrogen-bond acceptors (Lipinski definition) is 4. The highest BCUT2D eigenvalue weighted by Crippen LogP contribution is 2.18. The van der Waals surface area contributed by atoms with Gasteiger partial charge in [0.2, 0.25) is 5.91 Å². The van der Waals surface area contributed by atoms with Gasteiger partial charge in [-0.1, -0.05) is 18.2 Å². The van der Waals surface area contributed by atoms with Gasteiger partial charge < -0.3 is 14.7 Å². The van der Waals surface area contributed by atoms with Crippen LogP contribution in [0, 0.1) is 5.82 Å². The second-order valence-corrected chi connectivity index (χ2v) is 7.44. The Morgan fingerprint density at radius 3 is 1.86 bits per heavy atom. The SMILES string of the molecule is O=C(CN1CCN(c2ccc(F)cc2)CC1)N1CCN(c2ccccc2)CC1. The molecule has 2 aromatic rings. The molecule has 28 heavy (non-hydrogen) atoms. The monoisotopic (exact) mass is 382 g/mol. The molecule has 2 aromatic carbocycles. The number of amides is 1. The van der Waals surface area contributed by atoms with Gasteiger partial charge in [0, 0.05) is 63.7 Å². The van der Waals surface area contributed by atoms with Gasteiger partial charge in [-0.15, -0.1) is 0 Å². The third-order valence-corrected chi connectivity index (χ3v) is 5.68. The standard InChI is InChI=1S/C22H27FN4O/c23-19-6-8-21(9-7-19)25-12-10-24(11-13-25)18-22(28)27-16-14-26(15-17-27)20-4-2-1-3-5-20/h1-9H,10-18H2. The van der Waals surface area contributed by atoms with Crippen molar-refractivity contribution in [1.82, 2.24) is 9.80 Å². The summed E-state index contributed by atoms with van der Waals surface area (Å²) >= 11 is 0. The largest absolute Gasteiger partial charge is 0.369 e. The smallest absolute Gasteiger partial charge is 0.236 e. The van der Waals surface area contributed by atoms with Gasteiger partial charge in [-0.05, 0) is 36.4 Å². The summed E-state index contributed by atoms with van der Waals surface area (Å²) in [6.07, 6.45) is 0. The van der Waals surface area contributed by atoms with Gasteiger partial charge >= 0.3 is 0 Å². The lowest BCUT2D eigenvalue weighted by atomic mass is 10.2. The molecule has 4 rings (SSSR count). The third-order valence-electron chi connectivity index (χ3n) is 5.68. The van der Waals surface area contributed by atoms with Crippen molar-refractivity contribution in [2.24, 2.45) is 0 Å². The zero-order valence-electron chi connectivity index (χ0n) is 16.1. The van der Waals surface area contributed by atoms with Gasteiger partial charge in [0.15, 0.2) is 0 Å². The molecule has 0 unspecified atom stereocenters. The van der Waals surface area contributed by atoms with E-state index >= 15 is 0 Å². The first-order valence-corrected chi connectivity index (χ1v) is 10.00. The van der Waals surface area contributed by atoms with Gasteiger partial charge in [0.05, 0.1) is 6.54 Å². The van der Waals surface area contributed by atoms with Gasteiger partial charge in [0.1, 0.15) is 5.82 Å². The van der Waals surface area contributed by atoms with E-state index in [9.17, 15) is 9.18 Å². The predicted molar refractivity (Wildman–Crippen MR) is 110 cm³/mol. The second-order valence-electron chi connectivity index (χ2n) is 7.44. The minimum Gasteiger partial charge on any atom is -0.369 e. The fourth-order valence-electron chi connectivity index (χ4n) is 3.96. The van der Waals surface area contributed by atoms with E-state index in [-0.39, 0.29) is 11.7 Å². The molecular weight excluding hydrogens is 355 g/mol. The minimum atomic E-state index is -0.208. The molecule has 2 aliphatic heterocycles. The highest BCUT2D eigenvalue weighted by Gasteiger charge is 2.25. The van der Waals surface area contributed by atoms with Crippen molar-refractivity contribution in [2.75, 3.05) is 68.7 Å². The van der Waals surface area contributed by atoms with Crippen LogP contribution in [0.3, 0.4) is 0 Å². The van der Waals surface area contributed by atoms with Crippen LogP contribution in [0.15, 0.2) is 54.6 Å². The molecule has 0 bridgehead atoms. The number of anilines is 2. The number of carbonyl (C=O) groups is 1. The molecule has 2 saturated heterocycles. The number of rotatable bonds is 4. The van der Waals surface area contributed by atoms with E-state index < -0.39 is 0 Å².